The van der Waals surface area contributed by atoms with Crippen LogP contribution in [0.5, 0.6) is 0 Å². The lowest BCUT2D eigenvalue weighted by molar-refractivity contribution is 0.432. The highest BCUT2D eigenvalue weighted by atomic mass is 16.5. The third-order valence-electron chi connectivity index (χ3n) is 2.94. The van der Waals surface area contributed by atoms with Gasteiger partial charge in [-0.3, -0.25) is 0 Å². The molecular weight excluding hydrogens is 242 g/mol. The van der Waals surface area contributed by atoms with E-state index in [0.717, 1.165) is 22.5 Å². The Kier molecular flexibility index (Phi) is 2.89. The van der Waals surface area contributed by atoms with Crippen LogP contribution in [0, 0.1) is 6.92 Å². The smallest absolute Gasteiger partial charge is 0.258 e. The molecule has 3 rings (SSSR count). The molecular formula is C14H13N3O2. The summed E-state index contributed by atoms with van der Waals surface area (Å²) in [6.45, 7) is 2.34. The third-order valence-corrected chi connectivity index (χ3v) is 2.94. The Bertz CT molecular complexity index is 700. The zero-order chi connectivity index (χ0) is 13.2. The Morgan fingerprint density at radius 2 is 2.16 bits per heavy atom. The summed E-state index contributed by atoms with van der Waals surface area (Å²) >= 11 is 0. The van der Waals surface area contributed by atoms with Crippen molar-refractivity contribution in [1.29, 1.82) is 0 Å². The van der Waals surface area contributed by atoms with Crippen LogP contribution < -0.4 is 5.73 Å². The number of aromatic nitrogens is 2. The third kappa shape index (κ3) is 2.15. The van der Waals surface area contributed by atoms with Crippen LogP contribution in [0.3, 0.4) is 0 Å². The molecule has 19 heavy (non-hydrogen) atoms. The average Bonchev–Trinajstić information content (AvgIpc) is 3.07. The Balaban J connectivity index is 1.99. The number of furan rings is 1. The van der Waals surface area contributed by atoms with E-state index >= 15 is 0 Å². The van der Waals surface area contributed by atoms with Gasteiger partial charge in [-0.15, -0.1) is 0 Å². The largest absolute Gasteiger partial charge is 0.469 e. The summed E-state index contributed by atoms with van der Waals surface area (Å²) < 4.78 is 10.5. The lowest BCUT2D eigenvalue weighted by atomic mass is 10.1. The highest BCUT2D eigenvalue weighted by molar-refractivity contribution is 5.61. The molecule has 0 saturated heterocycles. The van der Waals surface area contributed by atoms with Gasteiger partial charge in [-0.2, -0.15) is 4.98 Å². The van der Waals surface area contributed by atoms with E-state index in [1.54, 1.807) is 6.26 Å². The van der Waals surface area contributed by atoms with Crippen molar-refractivity contribution in [3.63, 3.8) is 0 Å². The molecule has 5 heteroatoms. The minimum atomic E-state index is 0.478. The van der Waals surface area contributed by atoms with Crippen LogP contribution in [0.25, 0.3) is 22.8 Å². The molecule has 2 heterocycles. The molecule has 0 unspecified atom stereocenters. The summed E-state index contributed by atoms with van der Waals surface area (Å²) in [4.78, 5) is 4.38. The van der Waals surface area contributed by atoms with Crippen molar-refractivity contribution in [1.82, 2.24) is 10.1 Å². The zero-order valence-electron chi connectivity index (χ0n) is 10.5. The molecule has 0 radical (unpaired) electrons. The molecule has 0 bridgehead atoms. The Morgan fingerprint density at radius 1 is 1.26 bits per heavy atom. The molecule has 0 fully saturated rings. The van der Waals surface area contributed by atoms with E-state index in [-0.39, 0.29) is 0 Å². The van der Waals surface area contributed by atoms with Crippen LogP contribution in [-0.2, 0) is 6.54 Å². The molecule has 0 aliphatic carbocycles. The van der Waals surface area contributed by atoms with Gasteiger partial charge in [0.15, 0.2) is 0 Å². The van der Waals surface area contributed by atoms with Crippen molar-refractivity contribution in [2.45, 2.75) is 13.5 Å². The first-order valence-corrected chi connectivity index (χ1v) is 5.95. The summed E-state index contributed by atoms with van der Waals surface area (Å²) in [6, 6.07) is 9.56. The Morgan fingerprint density at radius 3 is 2.89 bits per heavy atom. The Hall–Kier alpha value is -2.40. The van der Waals surface area contributed by atoms with E-state index in [4.69, 9.17) is 14.7 Å². The van der Waals surface area contributed by atoms with Gasteiger partial charge in [0.2, 0.25) is 5.82 Å². The maximum atomic E-state index is 5.62. The molecule has 5 nitrogen and oxygen atoms in total. The second kappa shape index (κ2) is 4.70. The Labute approximate surface area is 110 Å². The highest BCUT2D eigenvalue weighted by Gasteiger charge is 2.13. The van der Waals surface area contributed by atoms with Crippen LogP contribution in [-0.4, -0.2) is 10.1 Å². The zero-order valence-corrected chi connectivity index (χ0v) is 10.5. The van der Waals surface area contributed by atoms with Gasteiger partial charge < -0.3 is 14.7 Å². The SMILES string of the molecule is Cc1occc1-c1noc(-c2cccc(CN)c2)n1. The maximum absolute atomic E-state index is 5.62. The number of rotatable bonds is 3. The minimum absolute atomic E-state index is 0.478. The highest BCUT2D eigenvalue weighted by Crippen LogP contribution is 2.25. The quantitative estimate of drug-likeness (QED) is 0.778. The summed E-state index contributed by atoms with van der Waals surface area (Å²) in [5.74, 6) is 1.77. The summed E-state index contributed by atoms with van der Waals surface area (Å²) in [6.07, 6.45) is 1.61. The normalized spacial score (nSPS) is 10.8. The molecule has 0 amide bonds. The molecule has 1 aromatic carbocycles. The number of aryl methyl sites for hydroxylation is 1. The fourth-order valence-corrected chi connectivity index (χ4v) is 1.90. The molecule has 3 aromatic rings. The van der Waals surface area contributed by atoms with Crippen molar-refractivity contribution >= 4 is 0 Å². The summed E-state index contributed by atoms with van der Waals surface area (Å²) in [5.41, 5.74) is 8.35. The lowest BCUT2D eigenvalue weighted by Crippen LogP contribution is -1.95. The first kappa shape index (κ1) is 11.7. The van der Waals surface area contributed by atoms with Crippen molar-refractivity contribution in [2.75, 3.05) is 0 Å². The van der Waals surface area contributed by atoms with E-state index in [2.05, 4.69) is 10.1 Å². The molecule has 0 aliphatic heterocycles. The van der Waals surface area contributed by atoms with Gasteiger partial charge in [-0.25, -0.2) is 0 Å². The monoisotopic (exact) mass is 255 g/mol. The number of benzene rings is 1. The average molecular weight is 255 g/mol. The van der Waals surface area contributed by atoms with Crippen molar-refractivity contribution < 1.29 is 8.94 Å². The van der Waals surface area contributed by atoms with Crippen molar-refractivity contribution in [3.8, 4) is 22.8 Å². The standard InChI is InChI=1S/C14H13N3O2/c1-9-12(5-6-18-9)13-16-14(19-17-13)11-4-2-3-10(7-11)8-15/h2-7H,8,15H2,1H3. The number of hydrogen-bond donors (Lipinski definition) is 1. The molecule has 96 valence electrons. The van der Waals surface area contributed by atoms with E-state index in [1.807, 2.05) is 37.3 Å². The number of nitrogens with zero attached hydrogens (tertiary/aromatic N) is 2. The predicted molar refractivity (Wildman–Crippen MR) is 70.1 cm³/mol. The second-order valence-electron chi connectivity index (χ2n) is 4.22. The maximum Gasteiger partial charge on any atom is 0.258 e. The summed E-state index contributed by atoms with van der Waals surface area (Å²) in [5, 5.41) is 3.97. The molecule has 0 atom stereocenters. The van der Waals surface area contributed by atoms with Crippen LogP contribution in [0.1, 0.15) is 11.3 Å². The fourth-order valence-electron chi connectivity index (χ4n) is 1.90. The molecule has 2 aromatic heterocycles. The van der Waals surface area contributed by atoms with Gasteiger partial charge in [0.1, 0.15) is 5.76 Å². The van der Waals surface area contributed by atoms with Crippen molar-refractivity contribution in [3.05, 3.63) is 47.9 Å². The van der Waals surface area contributed by atoms with E-state index in [1.165, 1.54) is 0 Å². The first-order valence-electron chi connectivity index (χ1n) is 5.95. The van der Waals surface area contributed by atoms with Crippen LogP contribution >= 0.6 is 0 Å². The second-order valence-corrected chi connectivity index (χ2v) is 4.22. The number of hydrogen-bond acceptors (Lipinski definition) is 5. The van der Waals surface area contributed by atoms with Crippen LogP contribution in [0.15, 0.2) is 45.5 Å². The van der Waals surface area contributed by atoms with E-state index in [9.17, 15) is 0 Å². The topological polar surface area (TPSA) is 78.1 Å². The van der Waals surface area contributed by atoms with Gasteiger partial charge in [-0.1, -0.05) is 17.3 Å². The van der Waals surface area contributed by atoms with E-state index < -0.39 is 0 Å². The van der Waals surface area contributed by atoms with Gasteiger partial charge in [0.25, 0.3) is 5.89 Å². The van der Waals surface area contributed by atoms with Gasteiger partial charge in [0, 0.05) is 12.1 Å². The first-order chi connectivity index (χ1) is 9.28. The van der Waals surface area contributed by atoms with Gasteiger partial charge in [0.05, 0.1) is 11.8 Å². The van der Waals surface area contributed by atoms with Crippen molar-refractivity contribution in [2.24, 2.45) is 5.73 Å². The van der Waals surface area contributed by atoms with E-state index in [0.29, 0.717) is 18.3 Å². The lowest BCUT2D eigenvalue weighted by Gasteiger charge is -1.98. The predicted octanol–water partition coefficient (Wildman–Crippen LogP) is 2.76. The number of nitrogens with two attached hydrogens (primary N) is 1. The molecule has 0 spiro atoms. The van der Waals surface area contributed by atoms with Gasteiger partial charge >= 0.3 is 0 Å². The summed E-state index contributed by atoms with van der Waals surface area (Å²) in [7, 11) is 0. The fraction of sp³-hybridized carbons (Fsp3) is 0.143. The molecule has 2 N–H and O–H groups in total. The molecule has 0 aliphatic rings. The van der Waals surface area contributed by atoms with Crippen LogP contribution in [0.4, 0.5) is 0 Å². The van der Waals surface area contributed by atoms with Crippen LogP contribution in [0.2, 0.25) is 0 Å². The molecule has 0 saturated carbocycles. The van der Waals surface area contributed by atoms with Gasteiger partial charge in [-0.05, 0) is 30.7 Å². The minimum Gasteiger partial charge on any atom is -0.469 e.